The quantitative estimate of drug-likeness (QED) is 0.392. The largest absolute Gasteiger partial charge is 0.298 e. The zero-order valence-corrected chi connectivity index (χ0v) is 14.4. The molecule has 0 spiro atoms. The molecule has 1 aromatic heterocycles. The van der Waals surface area contributed by atoms with E-state index in [4.69, 9.17) is 0 Å². The highest BCUT2D eigenvalue weighted by molar-refractivity contribution is 7.14. The van der Waals surface area contributed by atoms with E-state index in [1.54, 1.807) is 5.38 Å². The highest BCUT2D eigenvalue weighted by atomic mass is 32.1. The molecule has 0 saturated carbocycles. The number of aromatic nitrogens is 1. The summed E-state index contributed by atoms with van der Waals surface area (Å²) in [6, 6.07) is 9.16. The molecular formula is C18H11F2N3O3S. The molecule has 136 valence electrons. The van der Waals surface area contributed by atoms with Crippen molar-refractivity contribution in [1.82, 2.24) is 4.98 Å². The first kappa shape index (κ1) is 18.3. The first-order valence-corrected chi connectivity index (χ1v) is 8.45. The van der Waals surface area contributed by atoms with Crippen molar-refractivity contribution >= 4 is 34.1 Å². The molecule has 0 aliphatic heterocycles. The lowest BCUT2D eigenvalue weighted by molar-refractivity contribution is -0.384. The van der Waals surface area contributed by atoms with Gasteiger partial charge in [-0.3, -0.25) is 20.2 Å². The molecule has 27 heavy (non-hydrogen) atoms. The number of rotatable bonds is 5. The van der Waals surface area contributed by atoms with Gasteiger partial charge in [-0.25, -0.2) is 13.8 Å². The smallest absolute Gasteiger partial charge is 0.269 e. The third-order valence-electron chi connectivity index (χ3n) is 3.48. The number of hydrogen-bond donors (Lipinski definition) is 1. The highest BCUT2D eigenvalue weighted by Crippen LogP contribution is 2.26. The number of nitro groups is 1. The number of halogens is 2. The van der Waals surface area contributed by atoms with E-state index in [-0.39, 0.29) is 5.69 Å². The molecule has 1 amide bonds. The van der Waals surface area contributed by atoms with Gasteiger partial charge in [0.2, 0.25) is 5.91 Å². The topological polar surface area (TPSA) is 85.1 Å². The van der Waals surface area contributed by atoms with Crippen LogP contribution >= 0.6 is 11.3 Å². The number of nitro benzene ring substituents is 1. The number of nitrogens with zero attached hydrogens (tertiary/aromatic N) is 2. The summed E-state index contributed by atoms with van der Waals surface area (Å²) in [7, 11) is 0. The Morgan fingerprint density at radius 1 is 1.15 bits per heavy atom. The van der Waals surface area contributed by atoms with E-state index in [1.807, 2.05) is 0 Å². The molecule has 1 heterocycles. The summed E-state index contributed by atoms with van der Waals surface area (Å²) in [5.41, 5.74) is 1.39. The van der Waals surface area contributed by atoms with Gasteiger partial charge in [0, 0.05) is 29.2 Å². The van der Waals surface area contributed by atoms with E-state index in [0.29, 0.717) is 22.0 Å². The number of benzene rings is 2. The highest BCUT2D eigenvalue weighted by Gasteiger charge is 2.09. The van der Waals surface area contributed by atoms with E-state index < -0.39 is 22.5 Å². The van der Waals surface area contributed by atoms with Crippen molar-refractivity contribution in [3.05, 3.63) is 81.2 Å². The number of hydrogen-bond acceptors (Lipinski definition) is 5. The van der Waals surface area contributed by atoms with Crippen LogP contribution in [0.2, 0.25) is 0 Å². The second kappa shape index (κ2) is 7.83. The van der Waals surface area contributed by atoms with Crippen LogP contribution in [0.5, 0.6) is 0 Å². The molecule has 0 fully saturated rings. The number of nitrogens with one attached hydrogen (secondary N) is 1. The zero-order valence-electron chi connectivity index (χ0n) is 13.6. The third kappa shape index (κ3) is 4.59. The average Bonchev–Trinajstić information content (AvgIpc) is 3.11. The van der Waals surface area contributed by atoms with E-state index in [9.17, 15) is 23.7 Å². The molecular weight excluding hydrogens is 376 g/mol. The van der Waals surface area contributed by atoms with Gasteiger partial charge >= 0.3 is 0 Å². The predicted molar refractivity (Wildman–Crippen MR) is 98.2 cm³/mol. The Morgan fingerprint density at radius 3 is 2.56 bits per heavy atom. The SMILES string of the molecule is O=C(/C=C/c1ccc([N+](=O)[O-])cc1)Nc1nc(-c2ccc(F)c(F)c2)cs1. The Kier molecular flexibility index (Phi) is 5.32. The minimum atomic E-state index is -0.975. The lowest BCUT2D eigenvalue weighted by Gasteiger charge is -1.98. The summed E-state index contributed by atoms with van der Waals surface area (Å²) in [5, 5.41) is 15.1. The number of thiazole rings is 1. The summed E-state index contributed by atoms with van der Waals surface area (Å²) in [4.78, 5) is 26.2. The molecule has 3 rings (SSSR count). The van der Waals surface area contributed by atoms with Crippen molar-refractivity contribution in [2.45, 2.75) is 0 Å². The Labute approximate surface area is 156 Å². The van der Waals surface area contributed by atoms with Gasteiger partial charge in [0.1, 0.15) is 0 Å². The molecule has 0 aliphatic rings. The zero-order chi connectivity index (χ0) is 19.4. The Hall–Kier alpha value is -3.46. The molecule has 0 radical (unpaired) electrons. The molecule has 0 atom stereocenters. The maximum atomic E-state index is 13.3. The van der Waals surface area contributed by atoms with E-state index >= 15 is 0 Å². The van der Waals surface area contributed by atoms with Gasteiger partial charge in [-0.15, -0.1) is 11.3 Å². The monoisotopic (exact) mass is 387 g/mol. The minimum Gasteiger partial charge on any atom is -0.298 e. The summed E-state index contributed by atoms with van der Waals surface area (Å²) >= 11 is 1.14. The van der Waals surface area contributed by atoms with Gasteiger partial charge in [-0.2, -0.15) is 0 Å². The van der Waals surface area contributed by atoms with E-state index in [2.05, 4.69) is 10.3 Å². The van der Waals surface area contributed by atoms with Crippen LogP contribution in [0.1, 0.15) is 5.56 Å². The maximum absolute atomic E-state index is 13.3. The van der Waals surface area contributed by atoms with Gasteiger partial charge in [-0.1, -0.05) is 0 Å². The Morgan fingerprint density at radius 2 is 1.89 bits per heavy atom. The molecule has 0 bridgehead atoms. The average molecular weight is 387 g/mol. The minimum absolute atomic E-state index is 0.0378. The molecule has 9 heteroatoms. The second-order valence-electron chi connectivity index (χ2n) is 5.34. The van der Waals surface area contributed by atoms with Crippen LogP contribution in [0.3, 0.4) is 0 Å². The fourth-order valence-corrected chi connectivity index (χ4v) is 2.87. The van der Waals surface area contributed by atoms with E-state index in [1.165, 1.54) is 42.5 Å². The second-order valence-corrected chi connectivity index (χ2v) is 6.20. The summed E-state index contributed by atoms with van der Waals surface area (Å²) in [6.07, 6.45) is 2.77. The van der Waals surface area contributed by atoms with Crippen LogP contribution in [0.25, 0.3) is 17.3 Å². The lowest BCUT2D eigenvalue weighted by atomic mass is 10.2. The normalized spacial score (nSPS) is 10.9. The summed E-state index contributed by atoms with van der Waals surface area (Å²) < 4.78 is 26.3. The van der Waals surface area contributed by atoms with Crippen molar-refractivity contribution in [1.29, 1.82) is 0 Å². The van der Waals surface area contributed by atoms with Crippen LogP contribution in [0.15, 0.2) is 53.9 Å². The van der Waals surface area contributed by atoms with Crippen LogP contribution in [-0.2, 0) is 4.79 Å². The van der Waals surface area contributed by atoms with Crippen LogP contribution in [0.4, 0.5) is 19.6 Å². The van der Waals surface area contributed by atoms with Crippen molar-refractivity contribution in [2.24, 2.45) is 0 Å². The molecule has 0 saturated heterocycles. The fourth-order valence-electron chi connectivity index (χ4n) is 2.15. The Bertz CT molecular complexity index is 1030. The van der Waals surface area contributed by atoms with Crippen molar-refractivity contribution in [3.8, 4) is 11.3 Å². The van der Waals surface area contributed by atoms with E-state index in [0.717, 1.165) is 23.5 Å². The van der Waals surface area contributed by atoms with Crippen molar-refractivity contribution in [2.75, 3.05) is 5.32 Å². The van der Waals surface area contributed by atoms with Gasteiger partial charge < -0.3 is 0 Å². The van der Waals surface area contributed by atoms with Gasteiger partial charge in [0.25, 0.3) is 5.69 Å². The number of anilines is 1. The molecule has 1 N–H and O–H groups in total. The standard InChI is InChI=1S/C18H11F2N3O3S/c19-14-7-4-12(9-15(14)20)16-10-27-18(21-16)22-17(24)8-3-11-1-5-13(6-2-11)23(25)26/h1-10H,(H,21,22,24)/b8-3+. The summed E-state index contributed by atoms with van der Waals surface area (Å²) in [6.45, 7) is 0. The Balaban J connectivity index is 1.65. The fraction of sp³-hybridized carbons (Fsp3) is 0. The molecule has 6 nitrogen and oxygen atoms in total. The predicted octanol–water partition coefficient (Wildman–Crippen LogP) is 4.65. The van der Waals surface area contributed by atoms with Crippen LogP contribution in [0, 0.1) is 21.7 Å². The van der Waals surface area contributed by atoms with Crippen LogP contribution in [-0.4, -0.2) is 15.8 Å². The van der Waals surface area contributed by atoms with Crippen molar-refractivity contribution in [3.63, 3.8) is 0 Å². The third-order valence-corrected chi connectivity index (χ3v) is 4.24. The van der Waals surface area contributed by atoms with Crippen molar-refractivity contribution < 1.29 is 18.5 Å². The lowest BCUT2D eigenvalue weighted by Crippen LogP contribution is -2.07. The molecule has 0 aliphatic carbocycles. The molecule has 0 unspecified atom stereocenters. The first-order chi connectivity index (χ1) is 12.9. The number of non-ortho nitro benzene ring substituents is 1. The van der Waals surface area contributed by atoms with Gasteiger partial charge in [-0.05, 0) is 42.0 Å². The maximum Gasteiger partial charge on any atom is 0.269 e. The summed E-state index contributed by atoms with van der Waals surface area (Å²) in [5.74, 6) is -2.37. The molecule has 3 aromatic rings. The van der Waals surface area contributed by atoms with Gasteiger partial charge in [0.05, 0.1) is 10.6 Å². The molecule has 2 aromatic carbocycles. The number of carbonyl (C=O) groups is 1. The first-order valence-electron chi connectivity index (χ1n) is 7.57. The van der Waals surface area contributed by atoms with Gasteiger partial charge in [0.15, 0.2) is 16.8 Å². The van der Waals surface area contributed by atoms with Crippen LogP contribution < -0.4 is 5.32 Å². The number of carbonyl (C=O) groups excluding carboxylic acids is 1. The number of amides is 1.